The molecule has 0 aliphatic rings. The van der Waals surface area contributed by atoms with E-state index < -0.39 is 11.9 Å². The van der Waals surface area contributed by atoms with Crippen molar-refractivity contribution < 1.29 is 23.7 Å². The summed E-state index contributed by atoms with van der Waals surface area (Å²) < 4.78 is 29.0. The normalized spacial score (nSPS) is 11.8. The molecule has 0 radical (unpaired) electrons. The molecule has 0 fully saturated rings. The lowest BCUT2D eigenvalue weighted by molar-refractivity contribution is 0.105. The molecule has 0 spiro atoms. The maximum absolute atomic E-state index is 13.4. The predicted molar refractivity (Wildman–Crippen MR) is 76.4 cm³/mol. The van der Waals surface area contributed by atoms with Gasteiger partial charge in [0, 0.05) is 0 Å². The fourth-order valence-corrected chi connectivity index (χ4v) is 1.89. The largest absolute Gasteiger partial charge is 0.493 e. The lowest BCUT2D eigenvalue weighted by atomic mass is 10.1. The molecule has 112 valence electrons. The Balaban J connectivity index is 2.06. The zero-order valence-electron chi connectivity index (χ0n) is 11.9. The summed E-state index contributed by atoms with van der Waals surface area (Å²) in [5, 5.41) is 10.1. The first-order valence-corrected chi connectivity index (χ1v) is 6.43. The van der Waals surface area contributed by atoms with Gasteiger partial charge in [0.05, 0.1) is 14.2 Å². The van der Waals surface area contributed by atoms with Crippen LogP contribution in [0.2, 0.25) is 0 Å². The van der Waals surface area contributed by atoms with Crippen molar-refractivity contribution in [2.45, 2.75) is 6.10 Å². The highest BCUT2D eigenvalue weighted by atomic mass is 19.1. The fraction of sp³-hybridized carbons (Fsp3) is 0.250. The van der Waals surface area contributed by atoms with Crippen molar-refractivity contribution in [2.75, 3.05) is 20.8 Å². The van der Waals surface area contributed by atoms with Crippen molar-refractivity contribution in [3.63, 3.8) is 0 Å². The molecule has 1 N–H and O–H groups in total. The molecule has 4 nitrogen and oxygen atoms in total. The van der Waals surface area contributed by atoms with Gasteiger partial charge in [-0.15, -0.1) is 0 Å². The Morgan fingerprint density at radius 1 is 1.00 bits per heavy atom. The fourth-order valence-electron chi connectivity index (χ4n) is 1.89. The van der Waals surface area contributed by atoms with Crippen molar-refractivity contribution in [2.24, 2.45) is 0 Å². The standard InChI is InChI=1S/C16H17FO4/c1-19-15-8-7-11(9-16(15)20-2)13(18)10-21-14-6-4-3-5-12(14)17/h3-9,13,18H,10H2,1-2H3. The second-order valence-electron chi connectivity index (χ2n) is 4.37. The van der Waals surface area contributed by atoms with E-state index in [2.05, 4.69) is 0 Å². The summed E-state index contributed by atoms with van der Waals surface area (Å²) in [6, 6.07) is 11.1. The molecule has 1 unspecified atom stereocenters. The van der Waals surface area contributed by atoms with Crippen LogP contribution in [-0.2, 0) is 0 Å². The van der Waals surface area contributed by atoms with Crippen molar-refractivity contribution in [1.82, 2.24) is 0 Å². The summed E-state index contributed by atoms with van der Waals surface area (Å²) >= 11 is 0. The number of ether oxygens (including phenoxy) is 3. The van der Waals surface area contributed by atoms with E-state index >= 15 is 0 Å². The SMILES string of the molecule is COc1ccc(C(O)COc2ccccc2F)cc1OC. The Morgan fingerprint density at radius 2 is 1.71 bits per heavy atom. The van der Waals surface area contributed by atoms with Gasteiger partial charge < -0.3 is 19.3 Å². The van der Waals surface area contributed by atoms with Gasteiger partial charge in [-0.2, -0.15) is 0 Å². The molecule has 2 aromatic rings. The third-order valence-electron chi connectivity index (χ3n) is 3.03. The number of halogens is 1. The summed E-state index contributed by atoms with van der Waals surface area (Å²) in [4.78, 5) is 0. The van der Waals surface area contributed by atoms with Crippen molar-refractivity contribution >= 4 is 0 Å². The summed E-state index contributed by atoms with van der Waals surface area (Å²) in [6.07, 6.45) is -0.899. The van der Waals surface area contributed by atoms with E-state index in [1.807, 2.05) is 0 Å². The highest BCUT2D eigenvalue weighted by molar-refractivity contribution is 5.43. The highest BCUT2D eigenvalue weighted by Crippen LogP contribution is 2.30. The van der Waals surface area contributed by atoms with E-state index in [1.54, 1.807) is 30.3 Å². The van der Waals surface area contributed by atoms with E-state index in [9.17, 15) is 9.50 Å². The van der Waals surface area contributed by atoms with Gasteiger partial charge >= 0.3 is 0 Å². The molecule has 0 aliphatic carbocycles. The lowest BCUT2D eigenvalue weighted by Gasteiger charge is -2.15. The minimum Gasteiger partial charge on any atom is -0.493 e. The van der Waals surface area contributed by atoms with Crippen molar-refractivity contribution in [3.8, 4) is 17.2 Å². The predicted octanol–water partition coefficient (Wildman–Crippen LogP) is 2.96. The van der Waals surface area contributed by atoms with E-state index in [0.29, 0.717) is 17.1 Å². The van der Waals surface area contributed by atoms with Gasteiger partial charge in [-0.25, -0.2) is 4.39 Å². The Labute approximate surface area is 122 Å². The first kappa shape index (κ1) is 15.1. The van der Waals surface area contributed by atoms with Crippen LogP contribution in [0.15, 0.2) is 42.5 Å². The molecule has 0 aromatic heterocycles. The molecular formula is C16H17FO4. The first-order valence-electron chi connectivity index (χ1n) is 6.43. The van der Waals surface area contributed by atoms with Crippen LogP contribution >= 0.6 is 0 Å². The molecule has 0 saturated heterocycles. The van der Waals surface area contributed by atoms with Crippen molar-refractivity contribution in [3.05, 3.63) is 53.8 Å². The average molecular weight is 292 g/mol. The van der Waals surface area contributed by atoms with E-state index in [4.69, 9.17) is 14.2 Å². The van der Waals surface area contributed by atoms with E-state index in [0.717, 1.165) is 0 Å². The molecule has 5 heteroatoms. The zero-order valence-corrected chi connectivity index (χ0v) is 11.9. The van der Waals surface area contributed by atoms with Crippen LogP contribution in [0.3, 0.4) is 0 Å². The molecule has 0 bridgehead atoms. The lowest BCUT2D eigenvalue weighted by Crippen LogP contribution is -2.10. The second kappa shape index (κ2) is 6.95. The van der Waals surface area contributed by atoms with Gasteiger partial charge in [-0.3, -0.25) is 0 Å². The number of aliphatic hydroxyl groups is 1. The maximum atomic E-state index is 13.4. The molecule has 2 rings (SSSR count). The van der Waals surface area contributed by atoms with Gasteiger partial charge in [0.25, 0.3) is 0 Å². The topological polar surface area (TPSA) is 47.9 Å². The number of aliphatic hydroxyl groups excluding tert-OH is 1. The Morgan fingerprint density at radius 3 is 2.38 bits per heavy atom. The van der Waals surface area contributed by atoms with Gasteiger partial charge in [0.15, 0.2) is 23.1 Å². The van der Waals surface area contributed by atoms with Crippen LogP contribution in [0.1, 0.15) is 11.7 Å². The molecule has 0 amide bonds. The molecule has 21 heavy (non-hydrogen) atoms. The monoisotopic (exact) mass is 292 g/mol. The van der Waals surface area contributed by atoms with Crippen LogP contribution in [0.5, 0.6) is 17.2 Å². The van der Waals surface area contributed by atoms with Crippen LogP contribution in [-0.4, -0.2) is 25.9 Å². The minimum absolute atomic E-state index is 0.0591. The van der Waals surface area contributed by atoms with E-state index in [1.165, 1.54) is 26.4 Å². The average Bonchev–Trinajstić information content (AvgIpc) is 2.53. The summed E-state index contributed by atoms with van der Waals surface area (Å²) in [7, 11) is 3.05. The molecule has 2 aromatic carbocycles. The minimum atomic E-state index is -0.899. The zero-order chi connectivity index (χ0) is 15.2. The van der Waals surface area contributed by atoms with Crippen LogP contribution in [0.25, 0.3) is 0 Å². The highest BCUT2D eigenvalue weighted by Gasteiger charge is 2.13. The Bertz CT molecular complexity index is 601. The number of hydrogen-bond donors (Lipinski definition) is 1. The maximum Gasteiger partial charge on any atom is 0.165 e. The third kappa shape index (κ3) is 3.64. The van der Waals surface area contributed by atoms with Crippen LogP contribution in [0.4, 0.5) is 4.39 Å². The van der Waals surface area contributed by atoms with Crippen LogP contribution < -0.4 is 14.2 Å². The number of para-hydroxylation sites is 1. The van der Waals surface area contributed by atoms with Gasteiger partial charge in [-0.1, -0.05) is 18.2 Å². The quantitative estimate of drug-likeness (QED) is 0.889. The summed E-state index contributed by atoms with van der Waals surface area (Å²) in [5.41, 5.74) is 0.601. The van der Waals surface area contributed by atoms with Crippen molar-refractivity contribution in [1.29, 1.82) is 0 Å². The molecule has 0 saturated carbocycles. The smallest absolute Gasteiger partial charge is 0.165 e. The second-order valence-corrected chi connectivity index (χ2v) is 4.37. The number of methoxy groups -OCH3 is 2. The first-order chi connectivity index (χ1) is 10.2. The van der Waals surface area contributed by atoms with Crippen LogP contribution in [0, 0.1) is 5.82 Å². The number of rotatable bonds is 6. The molecule has 1 atom stereocenters. The number of hydrogen-bond acceptors (Lipinski definition) is 4. The molecule has 0 aliphatic heterocycles. The third-order valence-corrected chi connectivity index (χ3v) is 3.03. The summed E-state index contributed by atoms with van der Waals surface area (Å²) in [6.45, 7) is -0.0591. The van der Waals surface area contributed by atoms with E-state index in [-0.39, 0.29) is 12.4 Å². The summed E-state index contributed by atoms with van der Waals surface area (Å²) in [5.74, 6) is 0.734. The Hall–Kier alpha value is -2.27. The molecule has 0 heterocycles. The number of benzene rings is 2. The van der Waals surface area contributed by atoms with Gasteiger partial charge in [-0.05, 0) is 29.8 Å². The Kier molecular flexibility index (Phi) is 5.00. The van der Waals surface area contributed by atoms with Gasteiger partial charge in [0.2, 0.25) is 0 Å². The van der Waals surface area contributed by atoms with Gasteiger partial charge in [0.1, 0.15) is 12.7 Å². The molecular weight excluding hydrogens is 275 g/mol.